The second-order valence-corrected chi connectivity index (χ2v) is 3.58. The molecule has 0 heterocycles. The Hall–Kier alpha value is -2.04. The molecule has 1 aromatic rings. The molecule has 0 bridgehead atoms. The molecule has 1 rings (SSSR count). The maximum absolute atomic E-state index is 11.4. The third-order valence-electron chi connectivity index (χ3n) is 2.17. The molecule has 17 heavy (non-hydrogen) atoms. The average Bonchev–Trinajstić information content (AvgIpc) is 2.28. The van der Waals surface area contributed by atoms with E-state index in [1.807, 2.05) is 31.2 Å². The van der Waals surface area contributed by atoms with Gasteiger partial charge in [0.05, 0.1) is 6.54 Å². The van der Waals surface area contributed by atoms with E-state index >= 15 is 0 Å². The molecule has 0 aliphatic carbocycles. The van der Waals surface area contributed by atoms with Crippen LogP contribution in [0.3, 0.4) is 0 Å². The number of imide groups is 1. The van der Waals surface area contributed by atoms with Crippen LogP contribution in [-0.2, 0) is 4.79 Å². The van der Waals surface area contributed by atoms with Crippen molar-refractivity contribution in [3.8, 4) is 0 Å². The van der Waals surface area contributed by atoms with Gasteiger partial charge in [-0.2, -0.15) is 0 Å². The quantitative estimate of drug-likeness (QED) is 0.735. The van der Waals surface area contributed by atoms with Crippen LogP contribution in [0.2, 0.25) is 0 Å². The summed E-state index contributed by atoms with van der Waals surface area (Å²) in [5.41, 5.74) is 1.94. The average molecular weight is 235 g/mol. The van der Waals surface area contributed by atoms with E-state index in [1.54, 1.807) is 6.92 Å². The van der Waals surface area contributed by atoms with Crippen LogP contribution in [0.1, 0.15) is 12.5 Å². The van der Waals surface area contributed by atoms with Crippen LogP contribution in [0.15, 0.2) is 24.3 Å². The Bertz CT molecular complexity index is 404. The fraction of sp³-hybridized carbons (Fsp3) is 0.333. The lowest BCUT2D eigenvalue weighted by Gasteiger charge is -2.09. The molecule has 0 atom stereocenters. The molecule has 3 amide bonds. The highest BCUT2D eigenvalue weighted by molar-refractivity contribution is 5.96. The summed E-state index contributed by atoms with van der Waals surface area (Å²) in [7, 11) is 0. The van der Waals surface area contributed by atoms with Crippen LogP contribution >= 0.6 is 0 Å². The standard InChI is InChI=1S/C12H17N3O2/c1-3-13-12(17)15-11(16)8-14-10-7-5-4-6-9(10)2/h4-7,14H,3,8H2,1-2H3,(H2,13,15,16,17). The summed E-state index contributed by atoms with van der Waals surface area (Å²) < 4.78 is 0. The Labute approximate surface area is 101 Å². The molecule has 0 saturated heterocycles. The first-order valence-electron chi connectivity index (χ1n) is 5.50. The zero-order valence-electron chi connectivity index (χ0n) is 10.0. The van der Waals surface area contributed by atoms with E-state index in [0.717, 1.165) is 11.3 Å². The number of rotatable bonds is 4. The van der Waals surface area contributed by atoms with Gasteiger partial charge in [0.15, 0.2) is 0 Å². The summed E-state index contributed by atoms with van der Waals surface area (Å²) in [6.45, 7) is 4.30. The van der Waals surface area contributed by atoms with Gasteiger partial charge >= 0.3 is 6.03 Å². The molecule has 3 N–H and O–H groups in total. The number of hydrogen-bond acceptors (Lipinski definition) is 3. The smallest absolute Gasteiger partial charge is 0.321 e. The van der Waals surface area contributed by atoms with Gasteiger partial charge in [-0.05, 0) is 25.5 Å². The van der Waals surface area contributed by atoms with Gasteiger partial charge in [0.2, 0.25) is 5.91 Å². The predicted molar refractivity (Wildman–Crippen MR) is 66.9 cm³/mol. The largest absolute Gasteiger partial charge is 0.376 e. The fourth-order valence-corrected chi connectivity index (χ4v) is 1.32. The fourth-order valence-electron chi connectivity index (χ4n) is 1.32. The normalized spacial score (nSPS) is 9.53. The van der Waals surface area contributed by atoms with Crippen molar-refractivity contribution >= 4 is 17.6 Å². The Morgan fingerprint density at radius 1 is 1.24 bits per heavy atom. The van der Waals surface area contributed by atoms with E-state index < -0.39 is 6.03 Å². The maximum atomic E-state index is 11.4. The molecule has 0 unspecified atom stereocenters. The van der Waals surface area contributed by atoms with Crippen molar-refractivity contribution in [2.24, 2.45) is 0 Å². The Morgan fingerprint density at radius 2 is 1.94 bits per heavy atom. The summed E-state index contributed by atoms with van der Waals surface area (Å²) in [6, 6.07) is 7.18. The van der Waals surface area contributed by atoms with E-state index in [-0.39, 0.29) is 12.5 Å². The first kappa shape index (κ1) is 13.0. The monoisotopic (exact) mass is 235 g/mol. The molecular weight excluding hydrogens is 218 g/mol. The van der Waals surface area contributed by atoms with Crippen molar-refractivity contribution in [1.82, 2.24) is 10.6 Å². The van der Waals surface area contributed by atoms with Crippen LogP contribution in [0.5, 0.6) is 0 Å². The molecule has 0 saturated carbocycles. The molecule has 0 aromatic heterocycles. The highest BCUT2D eigenvalue weighted by Crippen LogP contribution is 2.12. The zero-order valence-corrected chi connectivity index (χ0v) is 10.0. The highest BCUT2D eigenvalue weighted by atomic mass is 16.2. The Kier molecular flexibility index (Phi) is 5.00. The number of para-hydroxylation sites is 1. The van der Waals surface area contributed by atoms with Crippen molar-refractivity contribution in [3.05, 3.63) is 29.8 Å². The zero-order chi connectivity index (χ0) is 12.7. The summed E-state index contributed by atoms with van der Waals surface area (Å²) in [5.74, 6) is -0.362. The molecule has 1 aromatic carbocycles. The van der Waals surface area contributed by atoms with Crippen LogP contribution in [0, 0.1) is 6.92 Å². The number of aryl methyl sites for hydroxylation is 1. The van der Waals surface area contributed by atoms with Gasteiger partial charge < -0.3 is 10.6 Å². The molecule has 5 nitrogen and oxygen atoms in total. The Balaban J connectivity index is 2.38. The topological polar surface area (TPSA) is 70.2 Å². The first-order chi connectivity index (χ1) is 8.13. The summed E-state index contributed by atoms with van der Waals surface area (Å²) >= 11 is 0. The number of amides is 3. The summed E-state index contributed by atoms with van der Waals surface area (Å²) in [4.78, 5) is 22.4. The van der Waals surface area contributed by atoms with Gasteiger partial charge in [-0.1, -0.05) is 18.2 Å². The molecule has 0 aliphatic heterocycles. The minimum absolute atomic E-state index is 0.0714. The molecule has 0 fully saturated rings. The van der Waals surface area contributed by atoms with Crippen LogP contribution in [-0.4, -0.2) is 25.0 Å². The molecule has 5 heteroatoms. The number of urea groups is 1. The van der Waals surface area contributed by atoms with Crippen LogP contribution < -0.4 is 16.0 Å². The number of benzene rings is 1. The van der Waals surface area contributed by atoms with Gasteiger partial charge in [0.25, 0.3) is 0 Å². The van der Waals surface area contributed by atoms with Gasteiger partial charge in [-0.25, -0.2) is 4.79 Å². The number of anilines is 1. The number of hydrogen-bond donors (Lipinski definition) is 3. The van der Waals surface area contributed by atoms with E-state index in [4.69, 9.17) is 0 Å². The number of nitrogens with one attached hydrogen (secondary N) is 3. The number of carbonyl (C=O) groups excluding carboxylic acids is 2. The summed E-state index contributed by atoms with van der Waals surface area (Å²) in [5, 5.41) is 7.67. The van der Waals surface area contributed by atoms with Crippen molar-refractivity contribution in [3.63, 3.8) is 0 Å². The Morgan fingerprint density at radius 3 is 2.59 bits per heavy atom. The predicted octanol–water partition coefficient (Wildman–Crippen LogP) is 1.25. The van der Waals surface area contributed by atoms with Crippen LogP contribution in [0.4, 0.5) is 10.5 Å². The minimum Gasteiger partial charge on any atom is -0.376 e. The van der Waals surface area contributed by atoms with E-state index in [9.17, 15) is 9.59 Å². The highest BCUT2D eigenvalue weighted by Gasteiger charge is 2.06. The van der Waals surface area contributed by atoms with Crippen molar-refractivity contribution in [1.29, 1.82) is 0 Å². The second-order valence-electron chi connectivity index (χ2n) is 3.58. The maximum Gasteiger partial charge on any atom is 0.321 e. The SMILES string of the molecule is CCNC(=O)NC(=O)CNc1ccccc1C. The first-order valence-corrected chi connectivity index (χ1v) is 5.50. The third kappa shape index (κ3) is 4.55. The lowest BCUT2D eigenvalue weighted by atomic mass is 10.2. The van der Waals surface area contributed by atoms with Crippen molar-refractivity contribution in [2.75, 3.05) is 18.4 Å². The molecule has 0 spiro atoms. The van der Waals surface area contributed by atoms with Gasteiger partial charge in [0.1, 0.15) is 0 Å². The molecule has 0 aliphatic rings. The van der Waals surface area contributed by atoms with Crippen LogP contribution in [0.25, 0.3) is 0 Å². The molecule has 92 valence electrons. The van der Waals surface area contributed by atoms with Gasteiger partial charge in [0, 0.05) is 12.2 Å². The van der Waals surface area contributed by atoms with E-state index in [1.165, 1.54) is 0 Å². The molecule has 0 radical (unpaired) electrons. The lowest BCUT2D eigenvalue weighted by Crippen LogP contribution is -2.41. The third-order valence-corrected chi connectivity index (χ3v) is 2.17. The molecular formula is C12H17N3O2. The second kappa shape index (κ2) is 6.52. The minimum atomic E-state index is -0.468. The van der Waals surface area contributed by atoms with E-state index in [2.05, 4.69) is 16.0 Å². The summed E-state index contributed by atoms with van der Waals surface area (Å²) in [6.07, 6.45) is 0. The van der Waals surface area contributed by atoms with Crippen molar-refractivity contribution < 1.29 is 9.59 Å². The van der Waals surface area contributed by atoms with Gasteiger partial charge in [-0.3, -0.25) is 10.1 Å². The van der Waals surface area contributed by atoms with E-state index in [0.29, 0.717) is 6.54 Å². The lowest BCUT2D eigenvalue weighted by molar-refractivity contribution is -0.118. The van der Waals surface area contributed by atoms with Crippen molar-refractivity contribution in [2.45, 2.75) is 13.8 Å². The van der Waals surface area contributed by atoms with Gasteiger partial charge in [-0.15, -0.1) is 0 Å². The number of carbonyl (C=O) groups is 2.